The van der Waals surface area contributed by atoms with Gasteiger partial charge in [-0.05, 0) is 25.0 Å². The topological polar surface area (TPSA) is 123 Å². The number of amides is 1. The summed E-state index contributed by atoms with van der Waals surface area (Å²) in [5.74, 6) is -0.332. The van der Waals surface area contributed by atoms with Crippen molar-refractivity contribution in [3.8, 4) is 0 Å². The number of nitro groups is 1. The third-order valence-corrected chi connectivity index (χ3v) is 5.27. The van der Waals surface area contributed by atoms with Crippen LogP contribution in [0, 0.1) is 17.0 Å². The first-order valence-corrected chi connectivity index (χ1v) is 9.80. The molecule has 0 radical (unpaired) electrons. The van der Waals surface area contributed by atoms with Gasteiger partial charge in [0.25, 0.3) is 5.69 Å². The molecule has 150 valence electrons. The van der Waals surface area contributed by atoms with Gasteiger partial charge in [-0.1, -0.05) is 48.2 Å². The zero-order valence-electron chi connectivity index (χ0n) is 15.6. The molecule has 0 atom stereocenters. The van der Waals surface area contributed by atoms with Gasteiger partial charge in [0.15, 0.2) is 5.16 Å². The van der Waals surface area contributed by atoms with Gasteiger partial charge in [0.1, 0.15) is 0 Å². The molecule has 1 aromatic heterocycles. The molecule has 0 bridgehead atoms. The van der Waals surface area contributed by atoms with Crippen LogP contribution in [0.15, 0.2) is 58.5 Å². The molecular formula is C19H19N5O4S. The Labute approximate surface area is 170 Å². The van der Waals surface area contributed by atoms with E-state index in [0.717, 1.165) is 17.3 Å². The molecule has 1 amide bonds. The van der Waals surface area contributed by atoms with E-state index in [1.807, 2.05) is 30.3 Å². The van der Waals surface area contributed by atoms with Crippen molar-refractivity contribution >= 4 is 29.0 Å². The highest BCUT2D eigenvalue weighted by molar-refractivity contribution is 7.99. The van der Waals surface area contributed by atoms with Gasteiger partial charge in [-0.25, -0.2) is 9.89 Å². The minimum atomic E-state index is -0.491. The quantitative estimate of drug-likeness (QED) is 0.333. The third-order valence-electron chi connectivity index (χ3n) is 4.30. The largest absolute Gasteiger partial charge is 0.343 e. The first-order chi connectivity index (χ1) is 14.0. The van der Waals surface area contributed by atoms with E-state index in [9.17, 15) is 19.7 Å². The number of aromatic amines is 1. The number of nitrogens with zero attached hydrogens (tertiary/aromatic N) is 3. The summed E-state index contributed by atoms with van der Waals surface area (Å²) in [4.78, 5) is 34.8. The third kappa shape index (κ3) is 5.11. The molecule has 0 unspecified atom stereocenters. The maximum atomic E-state index is 12.3. The summed E-state index contributed by atoms with van der Waals surface area (Å²) in [6.07, 6.45) is 0.660. The fraction of sp³-hybridized carbons (Fsp3) is 0.211. The minimum absolute atomic E-state index is 0.0117. The molecule has 0 fully saturated rings. The molecule has 10 heteroatoms. The highest BCUT2D eigenvalue weighted by atomic mass is 32.2. The Bertz CT molecular complexity index is 1080. The van der Waals surface area contributed by atoms with Gasteiger partial charge >= 0.3 is 5.69 Å². The van der Waals surface area contributed by atoms with Gasteiger partial charge in [-0.3, -0.25) is 19.5 Å². The van der Waals surface area contributed by atoms with Crippen LogP contribution in [0.4, 0.5) is 11.4 Å². The molecule has 0 aliphatic heterocycles. The van der Waals surface area contributed by atoms with Gasteiger partial charge in [0.2, 0.25) is 5.91 Å². The van der Waals surface area contributed by atoms with Gasteiger partial charge < -0.3 is 5.32 Å². The zero-order chi connectivity index (χ0) is 20.8. The Balaban J connectivity index is 1.62. The predicted octanol–water partition coefficient (Wildman–Crippen LogP) is 2.76. The Morgan fingerprint density at radius 3 is 2.72 bits per heavy atom. The SMILES string of the molecule is Cc1c(NC(=O)CSc2n[nH]c(=O)n2CCc2ccccc2)cccc1[N+](=O)[O-]. The number of H-pyrrole nitrogens is 1. The summed E-state index contributed by atoms with van der Waals surface area (Å²) >= 11 is 1.12. The first-order valence-electron chi connectivity index (χ1n) is 8.81. The number of thioether (sulfide) groups is 1. The minimum Gasteiger partial charge on any atom is -0.325 e. The molecule has 0 aliphatic carbocycles. The average Bonchev–Trinajstić information content (AvgIpc) is 3.06. The average molecular weight is 413 g/mol. The molecular weight excluding hydrogens is 394 g/mol. The number of benzene rings is 2. The molecule has 0 saturated carbocycles. The van der Waals surface area contributed by atoms with E-state index in [1.54, 1.807) is 13.0 Å². The lowest BCUT2D eigenvalue weighted by molar-refractivity contribution is -0.385. The Hall–Kier alpha value is -3.40. The van der Waals surface area contributed by atoms with Gasteiger partial charge in [0.05, 0.1) is 21.9 Å². The van der Waals surface area contributed by atoms with Crippen molar-refractivity contribution in [3.63, 3.8) is 0 Å². The number of carbonyl (C=O) groups excluding carboxylic acids is 1. The van der Waals surface area contributed by atoms with E-state index in [4.69, 9.17) is 0 Å². The standard InChI is InChI=1S/C19H19N5O4S/c1-13-15(8-5-9-16(13)24(27)28)20-17(25)12-29-19-22-21-18(26)23(19)11-10-14-6-3-2-4-7-14/h2-9H,10-12H2,1H3,(H,20,25)(H,21,26). The van der Waals surface area contributed by atoms with Gasteiger partial charge in [0, 0.05) is 12.6 Å². The number of aromatic nitrogens is 3. The number of anilines is 1. The normalized spacial score (nSPS) is 10.7. The van der Waals surface area contributed by atoms with Crippen molar-refractivity contribution in [3.05, 3.63) is 80.3 Å². The van der Waals surface area contributed by atoms with Crippen molar-refractivity contribution in [2.75, 3.05) is 11.1 Å². The van der Waals surface area contributed by atoms with Crippen molar-refractivity contribution in [1.29, 1.82) is 0 Å². The van der Waals surface area contributed by atoms with Crippen molar-refractivity contribution in [1.82, 2.24) is 14.8 Å². The van der Waals surface area contributed by atoms with E-state index in [1.165, 1.54) is 16.7 Å². The van der Waals surface area contributed by atoms with E-state index in [2.05, 4.69) is 15.5 Å². The monoisotopic (exact) mass is 413 g/mol. The molecule has 0 spiro atoms. The summed E-state index contributed by atoms with van der Waals surface area (Å²) in [6, 6.07) is 14.3. The lowest BCUT2D eigenvalue weighted by atomic mass is 10.1. The Morgan fingerprint density at radius 1 is 1.24 bits per heavy atom. The second kappa shape index (κ2) is 9.20. The molecule has 9 nitrogen and oxygen atoms in total. The number of carbonyl (C=O) groups is 1. The molecule has 3 aromatic rings. The van der Waals surface area contributed by atoms with Gasteiger partial charge in [-0.2, -0.15) is 0 Å². The van der Waals surface area contributed by atoms with Crippen LogP contribution in [0.25, 0.3) is 0 Å². The predicted molar refractivity (Wildman–Crippen MR) is 110 cm³/mol. The van der Waals surface area contributed by atoms with Crippen molar-refractivity contribution in [2.45, 2.75) is 25.0 Å². The van der Waals surface area contributed by atoms with Crippen molar-refractivity contribution in [2.24, 2.45) is 0 Å². The number of nitrogens with one attached hydrogen (secondary N) is 2. The highest BCUT2D eigenvalue weighted by Crippen LogP contribution is 2.25. The van der Waals surface area contributed by atoms with E-state index in [0.29, 0.717) is 29.4 Å². The number of hydrogen-bond acceptors (Lipinski definition) is 6. The Kier molecular flexibility index (Phi) is 6.45. The summed E-state index contributed by atoms with van der Waals surface area (Å²) < 4.78 is 1.49. The van der Waals surface area contributed by atoms with Crippen molar-refractivity contribution < 1.29 is 9.72 Å². The molecule has 1 heterocycles. The smallest absolute Gasteiger partial charge is 0.325 e. The first kappa shape index (κ1) is 20.3. The highest BCUT2D eigenvalue weighted by Gasteiger charge is 2.16. The molecule has 0 saturated heterocycles. The fourth-order valence-electron chi connectivity index (χ4n) is 2.77. The summed E-state index contributed by atoms with van der Waals surface area (Å²) in [7, 11) is 0. The van der Waals surface area contributed by atoms with Crippen LogP contribution < -0.4 is 11.0 Å². The maximum Gasteiger partial charge on any atom is 0.343 e. The molecule has 29 heavy (non-hydrogen) atoms. The summed E-state index contributed by atoms with van der Waals surface area (Å²) in [5.41, 5.74) is 1.47. The lowest BCUT2D eigenvalue weighted by Crippen LogP contribution is -2.20. The maximum absolute atomic E-state index is 12.3. The van der Waals surface area contributed by atoms with Crippen LogP contribution in [0.3, 0.4) is 0 Å². The zero-order valence-corrected chi connectivity index (χ0v) is 16.4. The summed E-state index contributed by atoms with van der Waals surface area (Å²) in [6.45, 7) is 2.02. The van der Waals surface area contributed by atoms with Crippen LogP contribution in [-0.4, -0.2) is 31.3 Å². The van der Waals surface area contributed by atoms with E-state index in [-0.39, 0.29) is 23.0 Å². The Morgan fingerprint density at radius 2 is 2.00 bits per heavy atom. The molecule has 3 rings (SSSR count). The number of hydrogen-bond donors (Lipinski definition) is 2. The molecule has 2 aromatic carbocycles. The summed E-state index contributed by atoms with van der Waals surface area (Å²) in [5, 5.41) is 20.5. The number of rotatable bonds is 8. The molecule has 0 aliphatic rings. The van der Waals surface area contributed by atoms with Crippen LogP contribution in [0.1, 0.15) is 11.1 Å². The van der Waals surface area contributed by atoms with Crippen LogP contribution in [0.2, 0.25) is 0 Å². The lowest BCUT2D eigenvalue weighted by Gasteiger charge is -2.09. The van der Waals surface area contributed by atoms with Crippen LogP contribution >= 0.6 is 11.8 Å². The van der Waals surface area contributed by atoms with Gasteiger partial charge in [-0.15, -0.1) is 5.10 Å². The number of aryl methyl sites for hydroxylation is 1. The molecule has 2 N–H and O–H groups in total. The second-order valence-electron chi connectivity index (χ2n) is 6.24. The van der Waals surface area contributed by atoms with Crippen LogP contribution in [-0.2, 0) is 17.8 Å². The fourth-order valence-corrected chi connectivity index (χ4v) is 3.54. The second-order valence-corrected chi connectivity index (χ2v) is 7.18. The van der Waals surface area contributed by atoms with Crippen LogP contribution in [0.5, 0.6) is 0 Å². The van der Waals surface area contributed by atoms with E-state index >= 15 is 0 Å². The van der Waals surface area contributed by atoms with E-state index < -0.39 is 4.92 Å². The number of nitro benzene ring substituents is 1.